The maximum atomic E-state index is 14.0. The number of hydrogen-bond acceptors (Lipinski definition) is 2. The van der Waals surface area contributed by atoms with Crippen LogP contribution in [0.25, 0.3) is 0 Å². The number of halogens is 2. The van der Waals surface area contributed by atoms with Crippen LogP contribution >= 0.6 is 23.2 Å². The number of hydrogen-bond donors (Lipinski definition) is 1. The van der Waals surface area contributed by atoms with Crippen LogP contribution in [0.3, 0.4) is 0 Å². The number of amides is 2. The highest BCUT2D eigenvalue weighted by Gasteiger charge is 2.32. The fourth-order valence-electron chi connectivity index (χ4n) is 5.38. The van der Waals surface area contributed by atoms with E-state index in [-0.39, 0.29) is 30.8 Å². The first kappa shape index (κ1) is 28.2. The monoisotopic (exact) mass is 550 g/mol. The van der Waals surface area contributed by atoms with Gasteiger partial charge in [0.15, 0.2) is 0 Å². The molecule has 38 heavy (non-hydrogen) atoms. The van der Waals surface area contributed by atoms with Gasteiger partial charge in [-0.15, -0.1) is 0 Å². The Hall–Kier alpha value is -2.82. The number of carbonyl (C=O) groups is 2. The summed E-state index contributed by atoms with van der Waals surface area (Å²) in [5.41, 5.74) is 4.91. The number of carbonyl (C=O) groups excluding carboxylic acids is 2. The van der Waals surface area contributed by atoms with Crippen molar-refractivity contribution in [2.75, 3.05) is 0 Å². The van der Waals surface area contributed by atoms with Crippen molar-refractivity contribution in [3.05, 3.63) is 105 Å². The summed E-state index contributed by atoms with van der Waals surface area (Å²) >= 11 is 12.7. The van der Waals surface area contributed by atoms with Crippen molar-refractivity contribution in [2.45, 2.75) is 77.4 Å². The standard InChI is InChI=1S/C32H36Cl2N2O2/c1-22-15-23(2)17-25(16-22)19-31(37)36(21-26-13-14-27(33)20-29(26)34)30(18-24-9-5-3-6-10-24)32(38)35-28-11-7-4-8-12-28/h3,5-6,9-10,13-17,20,28,30H,4,7-8,11-12,18-19,21H2,1-2H3,(H,35,38)/t30-/m0/s1. The molecule has 0 aromatic heterocycles. The molecule has 200 valence electrons. The van der Waals surface area contributed by atoms with Crippen LogP contribution in [0.4, 0.5) is 0 Å². The Morgan fingerprint density at radius 2 is 1.58 bits per heavy atom. The van der Waals surface area contributed by atoms with E-state index >= 15 is 0 Å². The molecule has 1 fully saturated rings. The Bertz CT molecular complexity index is 1240. The largest absolute Gasteiger partial charge is 0.352 e. The van der Waals surface area contributed by atoms with Gasteiger partial charge in [-0.3, -0.25) is 9.59 Å². The van der Waals surface area contributed by atoms with Crippen LogP contribution in [-0.4, -0.2) is 28.8 Å². The van der Waals surface area contributed by atoms with Crippen molar-refractivity contribution < 1.29 is 9.59 Å². The maximum absolute atomic E-state index is 14.0. The molecule has 1 aliphatic rings. The molecule has 0 aliphatic heterocycles. The second-order valence-electron chi connectivity index (χ2n) is 10.5. The van der Waals surface area contributed by atoms with Crippen molar-refractivity contribution in [3.8, 4) is 0 Å². The Labute approximate surface area is 236 Å². The van der Waals surface area contributed by atoms with Gasteiger partial charge in [-0.25, -0.2) is 0 Å². The van der Waals surface area contributed by atoms with E-state index in [9.17, 15) is 9.59 Å². The number of aryl methyl sites for hydroxylation is 2. The zero-order chi connectivity index (χ0) is 27.1. The van der Waals surface area contributed by atoms with Crippen LogP contribution < -0.4 is 5.32 Å². The molecule has 4 nitrogen and oxygen atoms in total. The molecule has 0 spiro atoms. The molecule has 3 aromatic rings. The smallest absolute Gasteiger partial charge is 0.243 e. The van der Waals surface area contributed by atoms with Gasteiger partial charge < -0.3 is 10.2 Å². The Balaban J connectivity index is 1.69. The fraction of sp³-hybridized carbons (Fsp3) is 0.375. The first-order chi connectivity index (χ1) is 18.3. The molecule has 0 heterocycles. The molecular weight excluding hydrogens is 515 g/mol. The van der Waals surface area contributed by atoms with Crippen LogP contribution in [0.5, 0.6) is 0 Å². The highest BCUT2D eigenvalue weighted by Crippen LogP contribution is 2.25. The molecule has 3 aromatic carbocycles. The van der Waals surface area contributed by atoms with Crippen molar-refractivity contribution in [1.82, 2.24) is 10.2 Å². The summed E-state index contributed by atoms with van der Waals surface area (Å²) in [7, 11) is 0. The van der Waals surface area contributed by atoms with E-state index in [1.54, 1.807) is 17.0 Å². The van der Waals surface area contributed by atoms with Gasteiger partial charge in [-0.05, 0) is 55.5 Å². The topological polar surface area (TPSA) is 49.4 Å². The van der Waals surface area contributed by atoms with Crippen LogP contribution in [0.15, 0.2) is 66.7 Å². The van der Waals surface area contributed by atoms with Crippen molar-refractivity contribution in [2.24, 2.45) is 0 Å². The zero-order valence-electron chi connectivity index (χ0n) is 22.2. The predicted octanol–water partition coefficient (Wildman–Crippen LogP) is 7.24. The average Bonchev–Trinajstić information content (AvgIpc) is 2.87. The van der Waals surface area contributed by atoms with Crippen LogP contribution in [0, 0.1) is 13.8 Å². The minimum Gasteiger partial charge on any atom is -0.352 e. The average molecular weight is 552 g/mol. The lowest BCUT2D eigenvalue weighted by molar-refractivity contribution is -0.141. The van der Waals surface area contributed by atoms with E-state index in [0.717, 1.165) is 53.5 Å². The third-order valence-corrected chi connectivity index (χ3v) is 7.80. The summed E-state index contributed by atoms with van der Waals surface area (Å²) in [6.07, 6.45) is 6.01. The second-order valence-corrected chi connectivity index (χ2v) is 11.3. The minimum atomic E-state index is -0.676. The normalized spacial score (nSPS) is 14.6. The lowest BCUT2D eigenvalue weighted by atomic mass is 9.94. The zero-order valence-corrected chi connectivity index (χ0v) is 23.7. The molecule has 4 rings (SSSR count). The molecule has 2 amide bonds. The first-order valence-electron chi connectivity index (χ1n) is 13.4. The quantitative estimate of drug-likeness (QED) is 0.305. The molecule has 0 saturated heterocycles. The SMILES string of the molecule is Cc1cc(C)cc(CC(=O)N(Cc2ccc(Cl)cc2Cl)[C@@H](Cc2ccccc2)C(=O)NC2CCCCC2)c1. The molecule has 6 heteroatoms. The molecule has 0 bridgehead atoms. The third kappa shape index (κ3) is 7.85. The second kappa shape index (κ2) is 13.3. The van der Waals surface area contributed by atoms with Crippen molar-refractivity contribution >= 4 is 35.0 Å². The van der Waals surface area contributed by atoms with Crippen molar-refractivity contribution in [1.29, 1.82) is 0 Å². The molecule has 1 aliphatic carbocycles. The van der Waals surface area contributed by atoms with Gasteiger partial charge in [0, 0.05) is 29.1 Å². The van der Waals surface area contributed by atoms with Gasteiger partial charge in [0.2, 0.25) is 11.8 Å². The molecular formula is C32H36Cl2N2O2. The number of rotatable bonds is 9. The van der Waals surface area contributed by atoms with E-state index < -0.39 is 6.04 Å². The summed E-state index contributed by atoms with van der Waals surface area (Å²) in [4.78, 5) is 29.6. The van der Waals surface area contributed by atoms with Gasteiger partial charge >= 0.3 is 0 Å². The summed E-state index contributed by atoms with van der Waals surface area (Å²) in [6, 6.07) is 20.8. The van der Waals surface area contributed by atoms with E-state index in [2.05, 4.69) is 11.4 Å². The summed E-state index contributed by atoms with van der Waals surface area (Å²) in [6.45, 7) is 4.28. The highest BCUT2D eigenvalue weighted by atomic mass is 35.5. The third-order valence-electron chi connectivity index (χ3n) is 7.22. The Morgan fingerprint density at radius 1 is 0.895 bits per heavy atom. The van der Waals surface area contributed by atoms with Gasteiger partial charge in [0.05, 0.1) is 6.42 Å². The summed E-state index contributed by atoms with van der Waals surface area (Å²) in [5, 5.41) is 4.29. The van der Waals surface area contributed by atoms with E-state index in [1.165, 1.54) is 6.42 Å². The van der Waals surface area contributed by atoms with E-state index in [0.29, 0.717) is 16.5 Å². The lowest BCUT2D eigenvalue weighted by Crippen LogP contribution is -2.53. The maximum Gasteiger partial charge on any atom is 0.243 e. The Kier molecular flexibility index (Phi) is 9.87. The van der Waals surface area contributed by atoms with Crippen LogP contribution in [0.2, 0.25) is 10.0 Å². The highest BCUT2D eigenvalue weighted by molar-refractivity contribution is 6.35. The number of benzene rings is 3. The molecule has 0 radical (unpaired) electrons. The van der Waals surface area contributed by atoms with Gasteiger partial charge in [-0.2, -0.15) is 0 Å². The van der Waals surface area contributed by atoms with Gasteiger partial charge in [-0.1, -0.05) is 108 Å². The predicted molar refractivity (Wildman–Crippen MR) is 156 cm³/mol. The van der Waals surface area contributed by atoms with Crippen LogP contribution in [-0.2, 0) is 29.0 Å². The summed E-state index contributed by atoms with van der Waals surface area (Å²) < 4.78 is 0. The number of nitrogens with one attached hydrogen (secondary N) is 1. The van der Waals surface area contributed by atoms with Crippen molar-refractivity contribution in [3.63, 3.8) is 0 Å². The van der Waals surface area contributed by atoms with Gasteiger partial charge in [0.1, 0.15) is 6.04 Å². The summed E-state index contributed by atoms with van der Waals surface area (Å²) in [5.74, 6) is -0.222. The minimum absolute atomic E-state index is 0.110. The molecule has 0 unspecified atom stereocenters. The first-order valence-corrected chi connectivity index (χ1v) is 14.2. The van der Waals surface area contributed by atoms with E-state index in [4.69, 9.17) is 23.2 Å². The van der Waals surface area contributed by atoms with Crippen LogP contribution in [0.1, 0.15) is 59.9 Å². The molecule has 1 saturated carbocycles. The Morgan fingerprint density at radius 3 is 2.24 bits per heavy atom. The lowest BCUT2D eigenvalue weighted by Gasteiger charge is -2.34. The van der Waals surface area contributed by atoms with Gasteiger partial charge in [0.25, 0.3) is 0 Å². The number of nitrogens with zero attached hydrogens (tertiary/aromatic N) is 1. The molecule has 1 N–H and O–H groups in total. The van der Waals surface area contributed by atoms with E-state index in [1.807, 2.05) is 62.4 Å². The fourth-order valence-corrected chi connectivity index (χ4v) is 5.85. The molecule has 1 atom stereocenters.